The predicted molar refractivity (Wildman–Crippen MR) is 167 cm³/mol. The fourth-order valence-electron chi connectivity index (χ4n) is 7.60. The second-order valence-corrected chi connectivity index (χ2v) is 14.0. The van der Waals surface area contributed by atoms with Crippen molar-refractivity contribution in [3.05, 3.63) is 86.8 Å². The first-order valence-corrected chi connectivity index (χ1v) is 16.7. The average molecular weight is 592 g/mol. The standard InChI is InChI=1S/C34H42ClN3O2S/c35-29-13-11-24(12-14-29)19-32-36-20-31(41-32)26-15-17-37(18-16-26)21-28-22-38(23-30(28)25-7-3-1-4-8-25)33(34(39)40)27-9-5-2-6-10-27/h1,3-4,7-8,11-14,20,26-28,30,33H,2,5-6,9-10,15-19,21-23H2,(H,39,40)/t28-,30?,33?/m0/s1. The molecule has 0 radical (unpaired) electrons. The summed E-state index contributed by atoms with van der Waals surface area (Å²) < 4.78 is 0. The third kappa shape index (κ3) is 7.05. The Morgan fingerprint density at radius 2 is 1.71 bits per heavy atom. The molecule has 3 aromatic rings. The first kappa shape index (κ1) is 28.9. The van der Waals surface area contributed by atoms with Gasteiger partial charge in [-0.15, -0.1) is 11.3 Å². The molecular weight excluding hydrogens is 550 g/mol. The van der Waals surface area contributed by atoms with Crippen molar-refractivity contribution >= 4 is 28.9 Å². The molecule has 0 spiro atoms. The van der Waals surface area contributed by atoms with E-state index in [4.69, 9.17) is 16.6 Å². The number of hydrogen-bond acceptors (Lipinski definition) is 5. The van der Waals surface area contributed by atoms with Crippen LogP contribution in [0.15, 0.2) is 60.8 Å². The number of hydrogen-bond donors (Lipinski definition) is 1. The molecule has 2 unspecified atom stereocenters. The Bertz CT molecular complexity index is 1270. The van der Waals surface area contributed by atoms with Crippen LogP contribution in [0.25, 0.3) is 0 Å². The highest BCUT2D eigenvalue weighted by atomic mass is 35.5. The largest absolute Gasteiger partial charge is 0.480 e. The zero-order valence-corrected chi connectivity index (χ0v) is 25.4. The number of carboxylic acids is 1. The monoisotopic (exact) mass is 591 g/mol. The Balaban J connectivity index is 1.08. The Morgan fingerprint density at radius 1 is 0.976 bits per heavy atom. The van der Waals surface area contributed by atoms with Crippen LogP contribution >= 0.6 is 22.9 Å². The molecule has 7 heteroatoms. The molecule has 1 aliphatic carbocycles. The Hall–Kier alpha value is -2.25. The minimum Gasteiger partial charge on any atom is -0.480 e. The summed E-state index contributed by atoms with van der Waals surface area (Å²) >= 11 is 7.91. The first-order valence-electron chi connectivity index (χ1n) is 15.5. The lowest BCUT2D eigenvalue weighted by Crippen LogP contribution is -2.46. The molecule has 5 nitrogen and oxygen atoms in total. The summed E-state index contributed by atoms with van der Waals surface area (Å²) in [5.41, 5.74) is 2.61. The van der Waals surface area contributed by atoms with Crippen LogP contribution in [0.5, 0.6) is 0 Å². The van der Waals surface area contributed by atoms with Gasteiger partial charge in [0, 0.05) is 48.1 Å². The summed E-state index contributed by atoms with van der Waals surface area (Å²) in [4.78, 5) is 23.7. The third-order valence-electron chi connectivity index (χ3n) is 9.76. The van der Waals surface area contributed by atoms with Gasteiger partial charge in [0.15, 0.2) is 0 Å². The van der Waals surface area contributed by atoms with Crippen molar-refractivity contribution in [1.82, 2.24) is 14.8 Å². The van der Waals surface area contributed by atoms with E-state index < -0.39 is 5.97 Å². The molecule has 0 bridgehead atoms. The molecule has 3 aliphatic rings. The summed E-state index contributed by atoms with van der Waals surface area (Å²) in [5, 5.41) is 12.3. The van der Waals surface area contributed by atoms with Gasteiger partial charge in [-0.3, -0.25) is 9.69 Å². The molecular formula is C34H42ClN3O2S. The van der Waals surface area contributed by atoms with E-state index in [1.807, 2.05) is 23.5 Å². The smallest absolute Gasteiger partial charge is 0.321 e. The van der Waals surface area contributed by atoms with Gasteiger partial charge in [-0.05, 0) is 79.8 Å². The van der Waals surface area contributed by atoms with E-state index in [0.717, 1.165) is 69.9 Å². The van der Waals surface area contributed by atoms with Crippen LogP contribution in [-0.4, -0.2) is 64.6 Å². The van der Waals surface area contributed by atoms with Crippen molar-refractivity contribution in [2.75, 3.05) is 32.7 Å². The van der Waals surface area contributed by atoms with E-state index in [1.165, 1.54) is 40.3 Å². The molecule has 2 aliphatic heterocycles. The number of carboxylic acid groups (broad SMARTS) is 1. The number of nitrogens with zero attached hydrogens (tertiary/aromatic N) is 3. The van der Waals surface area contributed by atoms with E-state index >= 15 is 0 Å². The number of carbonyl (C=O) groups is 1. The van der Waals surface area contributed by atoms with Gasteiger partial charge in [-0.25, -0.2) is 4.98 Å². The number of rotatable bonds is 9. The molecule has 3 atom stereocenters. The van der Waals surface area contributed by atoms with Crippen molar-refractivity contribution in [1.29, 1.82) is 0 Å². The van der Waals surface area contributed by atoms with Gasteiger partial charge >= 0.3 is 5.97 Å². The maximum absolute atomic E-state index is 12.6. The predicted octanol–water partition coefficient (Wildman–Crippen LogP) is 7.32. The van der Waals surface area contributed by atoms with Gasteiger partial charge in [0.25, 0.3) is 0 Å². The van der Waals surface area contributed by atoms with E-state index in [0.29, 0.717) is 17.8 Å². The molecule has 1 saturated carbocycles. The van der Waals surface area contributed by atoms with Crippen molar-refractivity contribution in [3.63, 3.8) is 0 Å². The minimum atomic E-state index is -0.620. The van der Waals surface area contributed by atoms with Crippen molar-refractivity contribution in [2.45, 2.75) is 69.2 Å². The normalized spacial score (nSPS) is 24.0. The van der Waals surface area contributed by atoms with Crippen LogP contribution in [0.1, 0.15) is 77.8 Å². The third-order valence-corrected chi connectivity index (χ3v) is 11.2. The van der Waals surface area contributed by atoms with Crippen LogP contribution in [0.2, 0.25) is 5.02 Å². The zero-order chi connectivity index (χ0) is 28.2. The van der Waals surface area contributed by atoms with Crippen molar-refractivity contribution < 1.29 is 9.90 Å². The number of piperidine rings is 1. The van der Waals surface area contributed by atoms with Crippen molar-refractivity contribution in [2.24, 2.45) is 11.8 Å². The molecule has 2 aromatic carbocycles. The molecule has 41 heavy (non-hydrogen) atoms. The van der Waals surface area contributed by atoms with Gasteiger partial charge in [0.2, 0.25) is 0 Å². The number of halogens is 1. The summed E-state index contributed by atoms with van der Waals surface area (Å²) in [6.45, 7) is 4.98. The second-order valence-electron chi connectivity index (χ2n) is 12.4. The van der Waals surface area contributed by atoms with Gasteiger partial charge < -0.3 is 10.0 Å². The maximum atomic E-state index is 12.6. The Labute approximate surface area is 253 Å². The van der Waals surface area contributed by atoms with Gasteiger partial charge in [0.05, 0.1) is 5.01 Å². The van der Waals surface area contributed by atoms with Gasteiger partial charge in [-0.1, -0.05) is 73.3 Å². The quantitative estimate of drug-likeness (QED) is 0.283. The Kier molecular flexibility index (Phi) is 9.41. The molecule has 218 valence electrons. The van der Waals surface area contributed by atoms with E-state index in [9.17, 15) is 9.90 Å². The highest BCUT2D eigenvalue weighted by molar-refractivity contribution is 7.11. The summed E-state index contributed by atoms with van der Waals surface area (Å²) in [6, 6.07) is 18.6. The first-order chi connectivity index (χ1) is 20.0. The maximum Gasteiger partial charge on any atom is 0.321 e. The summed E-state index contributed by atoms with van der Waals surface area (Å²) in [5.74, 6) is 1.08. The number of aromatic nitrogens is 1. The van der Waals surface area contributed by atoms with Crippen LogP contribution in [0, 0.1) is 11.8 Å². The molecule has 3 fully saturated rings. The van der Waals surface area contributed by atoms with Crippen molar-refractivity contribution in [3.8, 4) is 0 Å². The molecule has 2 saturated heterocycles. The molecule has 6 rings (SSSR count). The van der Waals surface area contributed by atoms with E-state index in [1.54, 1.807) is 0 Å². The average Bonchev–Trinajstić information content (AvgIpc) is 3.63. The fourth-order valence-corrected chi connectivity index (χ4v) is 8.85. The van der Waals surface area contributed by atoms with Crippen LogP contribution in [0.3, 0.4) is 0 Å². The highest BCUT2D eigenvalue weighted by Crippen LogP contribution is 2.39. The molecule has 3 heterocycles. The Morgan fingerprint density at radius 3 is 2.41 bits per heavy atom. The lowest BCUT2D eigenvalue weighted by Gasteiger charge is -2.35. The summed E-state index contributed by atoms with van der Waals surface area (Å²) in [6.07, 6.45) is 11.0. The SMILES string of the molecule is O=C(O)C(C1CCCCC1)N1CC(c2ccccc2)[C@@H](CN2CCC(c3cnc(Cc4ccc(Cl)cc4)s3)CC2)C1. The number of benzene rings is 2. The zero-order valence-electron chi connectivity index (χ0n) is 23.8. The number of likely N-dealkylation sites (tertiary alicyclic amines) is 2. The lowest BCUT2D eigenvalue weighted by molar-refractivity contribution is -0.145. The fraction of sp³-hybridized carbons (Fsp3) is 0.529. The van der Waals surface area contributed by atoms with Crippen LogP contribution in [0.4, 0.5) is 0 Å². The van der Waals surface area contributed by atoms with Gasteiger partial charge in [0.1, 0.15) is 6.04 Å². The number of aliphatic carboxylic acids is 1. The van der Waals surface area contributed by atoms with Crippen LogP contribution in [-0.2, 0) is 11.2 Å². The highest BCUT2D eigenvalue weighted by Gasteiger charge is 2.43. The molecule has 1 N–H and O–H groups in total. The van der Waals surface area contributed by atoms with Crippen LogP contribution < -0.4 is 0 Å². The second kappa shape index (κ2) is 13.4. The van der Waals surface area contributed by atoms with E-state index in [-0.39, 0.29) is 12.0 Å². The topological polar surface area (TPSA) is 56.7 Å². The summed E-state index contributed by atoms with van der Waals surface area (Å²) in [7, 11) is 0. The van der Waals surface area contributed by atoms with E-state index in [2.05, 4.69) is 58.5 Å². The lowest BCUT2D eigenvalue weighted by atomic mass is 9.83. The van der Waals surface area contributed by atoms with Gasteiger partial charge in [-0.2, -0.15) is 0 Å². The number of thiazole rings is 1. The molecule has 1 aromatic heterocycles. The molecule has 0 amide bonds. The minimum absolute atomic E-state index is 0.288.